The second kappa shape index (κ2) is 10.4. The van der Waals surface area contributed by atoms with E-state index in [0.717, 1.165) is 37.3 Å². The van der Waals surface area contributed by atoms with Crippen LogP contribution in [0.5, 0.6) is 0 Å². The molecule has 180 valence electrons. The van der Waals surface area contributed by atoms with Crippen LogP contribution in [0, 0.1) is 5.92 Å². The first-order chi connectivity index (χ1) is 17.2. The fourth-order valence-corrected chi connectivity index (χ4v) is 5.61. The summed E-state index contributed by atoms with van der Waals surface area (Å²) in [6.45, 7) is 6.44. The predicted octanol–water partition coefficient (Wildman–Crippen LogP) is 6.93. The van der Waals surface area contributed by atoms with Crippen LogP contribution in [0.15, 0.2) is 84.9 Å². The van der Waals surface area contributed by atoms with E-state index in [1.54, 1.807) is 0 Å². The van der Waals surface area contributed by atoms with Gasteiger partial charge in [-0.1, -0.05) is 54.6 Å². The van der Waals surface area contributed by atoms with Crippen LogP contribution in [0.25, 0.3) is 0 Å². The number of allylic oxidation sites excluding steroid dienone is 2. The fourth-order valence-electron chi connectivity index (χ4n) is 5.61. The summed E-state index contributed by atoms with van der Waals surface area (Å²) in [5.74, 6) is 0.896. The topological polar surface area (TPSA) is 44.4 Å². The molecule has 1 amide bonds. The largest absolute Gasteiger partial charge is 0.378 e. The van der Waals surface area contributed by atoms with Crippen LogP contribution in [0.1, 0.15) is 55.3 Å². The van der Waals surface area contributed by atoms with Gasteiger partial charge in [-0.05, 0) is 79.6 Å². The van der Waals surface area contributed by atoms with Crippen molar-refractivity contribution in [3.8, 4) is 0 Å². The Hall–Kier alpha value is -3.53. The second-order valence-electron chi connectivity index (χ2n) is 9.58. The molecule has 2 N–H and O–H groups in total. The summed E-state index contributed by atoms with van der Waals surface area (Å²) in [5.41, 5.74) is 7.13. The summed E-state index contributed by atoms with van der Waals surface area (Å²) in [7, 11) is 0. The van der Waals surface area contributed by atoms with Crippen molar-refractivity contribution < 1.29 is 4.79 Å². The maximum Gasteiger partial charge on any atom is 0.224 e. The average Bonchev–Trinajstić information content (AvgIpc) is 3.39. The van der Waals surface area contributed by atoms with Crippen LogP contribution >= 0.6 is 0 Å². The van der Waals surface area contributed by atoms with E-state index in [9.17, 15) is 4.79 Å². The van der Waals surface area contributed by atoms with Crippen LogP contribution in [-0.4, -0.2) is 19.0 Å². The Balaban J connectivity index is 1.30. The summed E-state index contributed by atoms with van der Waals surface area (Å²) < 4.78 is 0. The molecule has 4 nitrogen and oxygen atoms in total. The Kier molecular flexibility index (Phi) is 6.89. The van der Waals surface area contributed by atoms with E-state index in [1.165, 1.54) is 22.4 Å². The molecular weight excluding hydrogens is 430 g/mol. The van der Waals surface area contributed by atoms with Gasteiger partial charge in [-0.3, -0.25) is 4.79 Å². The lowest BCUT2D eigenvalue weighted by atomic mass is 9.77. The van der Waals surface area contributed by atoms with Crippen molar-refractivity contribution in [2.24, 2.45) is 5.92 Å². The molecule has 1 aliphatic carbocycles. The van der Waals surface area contributed by atoms with Gasteiger partial charge in [0.15, 0.2) is 0 Å². The number of hydrogen-bond donors (Lipinski definition) is 2. The molecule has 3 aromatic carbocycles. The molecule has 5 rings (SSSR count). The maximum absolute atomic E-state index is 12.6. The molecule has 0 radical (unpaired) electrons. The van der Waals surface area contributed by atoms with Crippen molar-refractivity contribution in [2.45, 2.75) is 45.1 Å². The fraction of sp³-hybridized carbons (Fsp3) is 0.323. The Morgan fingerprint density at radius 1 is 1.00 bits per heavy atom. The van der Waals surface area contributed by atoms with Crippen molar-refractivity contribution in [1.82, 2.24) is 0 Å². The minimum absolute atomic E-state index is 0.0576. The van der Waals surface area contributed by atoms with Gasteiger partial charge in [0.2, 0.25) is 5.91 Å². The summed E-state index contributed by atoms with van der Waals surface area (Å²) in [4.78, 5) is 15.0. The highest BCUT2D eigenvalue weighted by Crippen LogP contribution is 2.50. The predicted molar refractivity (Wildman–Crippen MR) is 146 cm³/mol. The molecule has 0 saturated carbocycles. The monoisotopic (exact) mass is 465 g/mol. The Morgan fingerprint density at radius 2 is 1.77 bits per heavy atom. The van der Waals surface area contributed by atoms with E-state index in [2.05, 4.69) is 90.1 Å². The number of amides is 1. The van der Waals surface area contributed by atoms with Gasteiger partial charge in [-0.15, -0.1) is 0 Å². The SMILES string of the molecule is CCN(CC)c1ccc(C2Nc3ccc(NC(=O)CCc4ccccc4)cc3C3C=CCC32)cc1. The maximum atomic E-state index is 12.6. The average molecular weight is 466 g/mol. The Bertz CT molecular complexity index is 1180. The number of nitrogens with one attached hydrogen (secondary N) is 2. The van der Waals surface area contributed by atoms with Crippen LogP contribution in [-0.2, 0) is 11.2 Å². The Labute approximate surface area is 209 Å². The lowest BCUT2D eigenvalue weighted by molar-refractivity contribution is -0.116. The van der Waals surface area contributed by atoms with Crippen LogP contribution in [0.2, 0.25) is 0 Å². The first-order valence-corrected chi connectivity index (χ1v) is 12.9. The summed E-state index contributed by atoms with van der Waals surface area (Å²) in [6.07, 6.45) is 6.96. The first-order valence-electron chi connectivity index (χ1n) is 12.9. The quantitative estimate of drug-likeness (QED) is 0.355. The molecule has 3 unspecified atom stereocenters. The van der Waals surface area contributed by atoms with E-state index >= 15 is 0 Å². The summed E-state index contributed by atoms with van der Waals surface area (Å²) >= 11 is 0. The smallest absolute Gasteiger partial charge is 0.224 e. The van der Waals surface area contributed by atoms with Gasteiger partial charge in [0.25, 0.3) is 0 Å². The minimum atomic E-state index is 0.0576. The molecule has 0 bridgehead atoms. The molecular formula is C31H35N3O. The van der Waals surface area contributed by atoms with Gasteiger partial charge in [0, 0.05) is 42.5 Å². The number of carbonyl (C=O) groups is 1. The zero-order valence-electron chi connectivity index (χ0n) is 20.7. The first kappa shape index (κ1) is 23.2. The number of benzene rings is 3. The second-order valence-corrected chi connectivity index (χ2v) is 9.58. The van der Waals surface area contributed by atoms with Gasteiger partial charge in [-0.25, -0.2) is 0 Å². The van der Waals surface area contributed by atoms with Gasteiger partial charge in [0.05, 0.1) is 6.04 Å². The van der Waals surface area contributed by atoms with Crippen molar-refractivity contribution in [1.29, 1.82) is 0 Å². The summed E-state index contributed by atoms with van der Waals surface area (Å²) in [6, 6.07) is 25.8. The molecule has 4 heteroatoms. The highest BCUT2D eigenvalue weighted by molar-refractivity contribution is 5.91. The Morgan fingerprint density at radius 3 is 2.51 bits per heavy atom. The highest BCUT2D eigenvalue weighted by atomic mass is 16.1. The number of aryl methyl sites for hydroxylation is 1. The molecule has 1 aliphatic heterocycles. The van der Waals surface area contributed by atoms with E-state index in [-0.39, 0.29) is 11.9 Å². The van der Waals surface area contributed by atoms with Crippen LogP contribution < -0.4 is 15.5 Å². The minimum Gasteiger partial charge on any atom is -0.378 e. The standard InChI is InChI=1S/C31H35N3O/c1-3-34(4-2)25-17-14-23(15-18-25)31-27-12-8-11-26(27)28-21-24(16-19-29(28)33-31)32-30(35)20-13-22-9-6-5-7-10-22/h5-11,14-19,21,26-27,31,33H,3-4,12-13,20H2,1-2H3,(H,32,35). The van der Waals surface area contributed by atoms with Crippen LogP contribution in [0.3, 0.4) is 0 Å². The number of carbonyl (C=O) groups excluding carboxylic acids is 1. The molecule has 2 aliphatic rings. The lowest BCUT2D eigenvalue weighted by Crippen LogP contribution is -2.29. The van der Waals surface area contributed by atoms with Crippen LogP contribution in [0.4, 0.5) is 17.1 Å². The van der Waals surface area contributed by atoms with Crippen molar-refractivity contribution in [2.75, 3.05) is 28.6 Å². The number of nitrogens with zero attached hydrogens (tertiary/aromatic N) is 1. The molecule has 35 heavy (non-hydrogen) atoms. The third kappa shape index (κ3) is 4.97. The molecule has 0 aromatic heterocycles. The van der Waals surface area contributed by atoms with E-state index in [0.29, 0.717) is 18.3 Å². The molecule has 0 spiro atoms. The van der Waals surface area contributed by atoms with Gasteiger partial charge >= 0.3 is 0 Å². The third-order valence-corrected chi connectivity index (χ3v) is 7.51. The normalized spacial score (nSPS) is 20.0. The molecule has 0 saturated heterocycles. The highest BCUT2D eigenvalue weighted by Gasteiger charge is 2.38. The number of hydrogen-bond acceptors (Lipinski definition) is 3. The summed E-state index contributed by atoms with van der Waals surface area (Å²) in [5, 5.41) is 6.94. The molecule has 3 aromatic rings. The van der Waals surface area contributed by atoms with Crippen molar-refractivity contribution in [3.63, 3.8) is 0 Å². The number of fused-ring (bicyclic) bond motifs is 3. The molecule has 1 heterocycles. The van der Waals surface area contributed by atoms with Gasteiger partial charge in [0.1, 0.15) is 0 Å². The van der Waals surface area contributed by atoms with Gasteiger partial charge in [-0.2, -0.15) is 0 Å². The zero-order chi connectivity index (χ0) is 24.2. The van der Waals surface area contributed by atoms with E-state index < -0.39 is 0 Å². The van der Waals surface area contributed by atoms with Crippen molar-refractivity contribution >= 4 is 23.0 Å². The lowest BCUT2D eigenvalue weighted by Gasteiger charge is -2.38. The van der Waals surface area contributed by atoms with E-state index in [4.69, 9.17) is 0 Å². The zero-order valence-corrected chi connectivity index (χ0v) is 20.7. The molecule has 0 fully saturated rings. The third-order valence-electron chi connectivity index (χ3n) is 7.51. The number of anilines is 3. The van der Waals surface area contributed by atoms with E-state index in [1.807, 2.05) is 24.3 Å². The molecule has 3 atom stereocenters. The van der Waals surface area contributed by atoms with Crippen molar-refractivity contribution in [3.05, 3.63) is 102 Å². The number of rotatable bonds is 8. The van der Waals surface area contributed by atoms with Gasteiger partial charge < -0.3 is 15.5 Å².